The summed E-state index contributed by atoms with van der Waals surface area (Å²) in [5.74, 6) is -0.936. The van der Waals surface area contributed by atoms with Crippen molar-refractivity contribution in [1.82, 2.24) is 5.32 Å². The molecule has 192 valence electrons. The molecule has 7 heteroatoms. The standard InChI is InChI=1S/C26H35N3O4.C2H6/c1-19(30)33-18-21-11-13-23(14-12-21)29-26(32)22(10-6-7-15-27)17-25(31)24(28-2)16-20-8-4-3-5-9-20;1-2/h3-5,8-9,11-14,22,24,28H,6-7,10,15-18,27H2,1-2H3,(H,29,32);1-2H3/t22-,24+;/m1./s1. The fourth-order valence-corrected chi connectivity index (χ4v) is 3.59. The van der Waals surface area contributed by atoms with Gasteiger partial charge < -0.3 is 21.1 Å². The van der Waals surface area contributed by atoms with Gasteiger partial charge in [-0.15, -0.1) is 0 Å². The summed E-state index contributed by atoms with van der Waals surface area (Å²) in [6.07, 6.45) is 2.94. The summed E-state index contributed by atoms with van der Waals surface area (Å²) in [6, 6.07) is 16.6. The van der Waals surface area contributed by atoms with E-state index in [0.29, 0.717) is 25.1 Å². The summed E-state index contributed by atoms with van der Waals surface area (Å²) < 4.78 is 4.98. The first-order valence-corrected chi connectivity index (χ1v) is 12.4. The number of likely N-dealkylation sites (N-methyl/N-ethyl adjacent to an activating group) is 1. The highest BCUT2D eigenvalue weighted by Crippen LogP contribution is 2.19. The topological polar surface area (TPSA) is 111 Å². The number of hydrogen-bond donors (Lipinski definition) is 3. The molecular weight excluding hydrogens is 442 g/mol. The molecule has 0 bridgehead atoms. The average Bonchev–Trinajstić information content (AvgIpc) is 2.88. The van der Waals surface area contributed by atoms with Crippen LogP contribution in [0.3, 0.4) is 0 Å². The van der Waals surface area contributed by atoms with Gasteiger partial charge in [-0.25, -0.2) is 0 Å². The van der Waals surface area contributed by atoms with Gasteiger partial charge in [0.15, 0.2) is 5.78 Å². The Labute approximate surface area is 209 Å². The van der Waals surface area contributed by atoms with Crippen molar-refractivity contribution in [3.63, 3.8) is 0 Å². The maximum absolute atomic E-state index is 13.0. The van der Waals surface area contributed by atoms with Crippen LogP contribution in [0, 0.1) is 5.92 Å². The minimum Gasteiger partial charge on any atom is -0.461 e. The average molecular weight is 484 g/mol. The third-order valence-corrected chi connectivity index (χ3v) is 5.51. The van der Waals surface area contributed by atoms with Crippen LogP contribution in [-0.4, -0.2) is 37.3 Å². The molecule has 0 aliphatic carbocycles. The summed E-state index contributed by atoms with van der Waals surface area (Å²) in [5, 5.41) is 6.02. The number of Topliss-reactive ketones (excluding diaryl/α,β-unsaturated/α-hetero) is 1. The first-order valence-electron chi connectivity index (χ1n) is 12.4. The molecule has 2 atom stereocenters. The summed E-state index contributed by atoms with van der Waals surface area (Å²) in [4.78, 5) is 37.0. The zero-order chi connectivity index (χ0) is 26.1. The molecule has 4 N–H and O–H groups in total. The van der Waals surface area contributed by atoms with Crippen LogP contribution >= 0.6 is 0 Å². The van der Waals surface area contributed by atoms with E-state index in [9.17, 15) is 14.4 Å². The number of ether oxygens (including phenoxy) is 1. The van der Waals surface area contributed by atoms with Crippen molar-refractivity contribution < 1.29 is 19.1 Å². The van der Waals surface area contributed by atoms with Crippen LogP contribution < -0.4 is 16.4 Å². The van der Waals surface area contributed by atoms with E-state index >= 15 is 0 Å². The fourth-order valence-electron chi connectivity index (χ4n) is 3.59. The van der Waals surface area contributed by atoms with E-state index in [4.69, 9.17) is 10.5 Å². The Morgan fingerprint density at radius 1 is 0.943 bits per heavy atom. The van der Waals surface area contributed by atoms with E-state index in [0.717, 1.165) is 24.0 Å². The number of nitrogens with two attached hydrogens (primary N) is 1. The molecular formula is C28H41N3O4. The Morgan fingerprint density at radius 3 is 2.17 bits per heavy atom. The van der Waals surface area contributed by atoms with Crippen LogP contribution in [0.25, 0.3) is 0 Å². The molecule has 0 aliphatic rings. The second-order valence-corrected chi connectivity index (χ2v) is 8.15. The second kappa shape index (κ2) is 17.4. The second-order valence-electron chi connectivity index (χ2n) is 8.15. The maximum atomic E-state index is 13.0. The van der Waals surface area contributed by atoms with Crippen LogP contribution in [0.2, 0.25) is 0 Å². The number of rotatable bonds is 14. The molecule has 0 heterocycles. The summed E-state index contributed by atoms with van der Waals surface area (Å²) in [6.45, 7) is 6.10. The van der Waals surface area contributed by atoms with Gasteiger partial charge in [0.2, 0.25) is 5.91 Å². The molecule has 0 unspecified atom stereocenters. The highest BCUT2D eigenvalue weighted by atomic mass is 16.5. The van der Waals surface area contributed by atoms with E-state index in [1.54, 1.807) is 31.3 Å². The molecule has 0 saturated carbocycles. The summed E-state index contributed by atoms with van der Waals surface area (Å²) >= 11 is 0. The predicted molar refractivity (Wildman–Crippen MR) is 141 cm³/mol. The first kappa shape index (κ1) is 30.0. The Hall–Kier alpha value is -3.03. The van der Waals surface area contributed by atoms with E-state index in [1.165, 1.54) is 6.92 Å². The molecule has 35 heavy (non-hydrogen) atoms. The van der Waals surface area contributed by atoms with Crippen molar-refractivity contribution in [2.24, 2.45) is 11.7 Å². The van der Waals surface area contributed by atoms with Gasteiger partial charge in [0, 0.05) is 24.9 Å². The van der Waals surface area contributed by atoms with Gasteiger partial charge in [-0.05, 0) is 56.1 Å². The quantitative estimate of drug-likeness (QED) is 0.274. The number of esters is 1. The molecule has 0 aliphatic heterocycles. The Balaban J connectivity index is 0.00000298. The zero-order valence-electron chi connectivity index (χ0n) is 21.5. The van der Waals surface area contributed by atoms with Gasteiger partial charge in [-0.1, -0.05) is 62.7 Å². The SMILES string of the molecule is CC.CN[C@@H](Cc1ccccc1)C(=O)C[C@@H](CCCCN)C(=O)Nc1ccc(COC(C)=O)cc1. The molecule has 2 aromatic rings. The van der Waals surface area contributed by atoms with Crippen molar-refractivity contribution in [3.8, 4) is 0 Å². The van der Waals surface area contributed by atoms with Gasteiger partial charge >= 0.3 is 5.97 Å². The summed E-state index contributed by atoms with van der Waals surface area (Å²) in [5.41, 5.74) is 8.16. The number of anilines is 1. The molecule has 7 nitrogen and oxygen atoms in total. The predicted octanol–water partition coefficient (Wildman–Crippen LogP) is 4.25. The monoisotopic (exact) mass is 483 g/mol. The van der Waals surface area contributed by atoms with Crippen LogP contribution in [0.4, 0.5) is 5.69 Å². The number of unbranched alkanes of at least 4 members (excludes halogenated alkanes) is 1. The van der Waals surface area contributed by atoms with Gasteiger partial charge in [-0.3, -0.25) is 14.4 Å². The van der Waals surface area contributed by atoms with Gasteiger partial charge in [0.05, 0.1) is 6.04 Å². The molecule has 0 spiro atoms. The highest BCUT2D eigenvalue weighted by molar-refractivity contribution is 5.96. The Morgan fingerprint density at radius 2 is 1.60 bits per heavy atom. The lowest BCUT2D eigenvalue weighted by Gasteiger charge is -2.20. The lowest BCUT2D eigenvalue weighted by molar-refractivity contribution is -0.142. The highest BCUT2D eigenvalue weighted by Gasteiger charge is 2.26. The van der Waals surface area contributed by atoms with Gasteiger partial charge in [-0.2, -0.15) is 0 Å². The van der Waals surface area contributed by atoms with Crippen LogP contribution in [-0.2, 0) is 32.1 Å². The van der Waals surface area contributed by atoms with Crippen LogP contribution in [0.1, 0.15) is 57.6 Å². The van der Waals surface area contributed by atoms with E-state index in [2.05, 4.69) is 10.6 Å². The third-order valence-electron chi connectivity index (χ3n) is 5.51. The van der Waals surface area contributed by atoms with E-state index < -0.39 is 5.92 Å². The van der Waals surface area contributed by atoms with Crippen molar-refractivity contribution in [2.75, 3.05) is 18.9 Å². The molecule has 0 saturated heterocycles. The minimum atomic E-state index is -0.434. The third kappa shape index (κ3) is 11.8. The normalized spacial score (nSPS) is 12.0. The largest absolute Gasteiger partial charge is 0.461 e. The number of ketones is 1. The lowest BCUT2D eigenvalue weighted by atomic mass is 9.90. The molecule has 0 aromatic heterocycles. The molecule has 2 rings (SSSR count). The molecule has 2 aromatic carbocycles. The Bertz CT molecular complexity index is 885. The maximum Gasteiger partial charge on any atom is 0.302 e. The molecule has 0 radical (unpaired) electrons. The van der Waals surface area contributed by atoms with Crippen molar-refractivity contribution in [2.45, 2.75) is 65.5 Å². The molecule has 0 fully saturated rings. The van der Waals surface area contributed by atoms with Crippen molar-refractivity contribution >= 4 is 23.3 Å². The van der Waals surface area contributed by atoms with Crippen LogP contribution in [0.5, 0.6) is 0 Å². The number of amides is 1. The minimum absolute atomic E-state index is 0.0194. The van der Waals surface area contributed by atoms with Gasteiger partial charge in [0.25, 0.3) is 0 Å². The fraction of sp³-hybridized carbons (Fsp3) is 0.464. The molecule has 1 amide bonds. The van der Waals surface area contributed by atoms with Gasteiger partial charge in [0.1, 0.15) is 6.61 Å². The number of benzene rings is 2. The smallest absolute Gasteiger partial charge is 0.302 e. The van der Waals surface area contributed by atoms with Crippen LogP contribution in [0.15, 0.2) is 54.6 Å². The number of hydrogen-bond acceptors (Lipinski definition) is 6. The number of nitrogens with one attached hydrogen (secondary N) is 2. The lowest BCUT2D eigenvalue weighted by Crippen LogP contribution is -2.38. The number of carbonyl (C=O) groups is 3. The van der Waals surface area contributed by atoms with Crippen molar-refractivity contribution in [3.05, 3.63) is 65.7 Å². The van der Waals surface area contributed by atoms with E-state index in [-0.39, 0.29) is 36.7 Å². The Kier molecular flexibility index (Phi) is 14.9. The first-order chi connectivity index (χ1) is 16.9. The van der Waals surface area contributed by atoms with Crippen molar-refractivity contribution in [1.29, 1.82) is 0 Å². The zero-order valence-corrected chi connectivity index (χ0v) is 21.5. The number of carbonyl (C=O) groups excluding carboxylic acids is 3. The summed E-state index contributed by atoms with van der Waals surface area (Å²) in [7, 11) is 1.77. The van der Waals surface area contributed by atoms with E-state index in [1.807, 2.05) is 44.2 Å².